The molecule has 0 aliphatic carbocycles. The van der Waals surface area contributed by atoms with Crippen LogP contribution in [-0.2, 0) is 0 Å². The number of carbonyl (C=O) groups excluding carboxylic acids is 1. The molecule has 0 saturated heterocycles. The SMILES string of the molecule is CN(/N=C/c1ccccc1)C(=O)N(C)/N=C/c1ccccc1. The third-order valence-electron chi connectivity index (χ3n) is 2.91. The van der Waals surface area contributed by atoms with E-state index < -0.39 is 0 Å². The number of hydrogen-bond acceptors (Lipinski definition) is 3. The highest BCUT2D eigenvalue weighted by molar-refractivity contribution is 5.83. The number of benzene rings is 2. The maximum absolute atomic E-state index is 12.1. The van der Waals surface area contributed by atoms with Gasteiger partial charge in [-0.25, -0.2) is 14.8 Å². The topological polar surface area (TPSA) is 48.3 Å². The van der Waals surface area contributed by atoms with Crippen molar-refractivity contribution in [2.45, 2.75) is 0 Å². The Kier molecular flexibility index (Phi) is 5.43. The first-order valence-electron chi connectivity index (χ1n) is 6.86. The molecular formula is C17H18N4O. The lowest BCUT2D eigenvalue weighted by Gasteiger charge is -2.16. The molecule has 0 radical (unpaired) electrons. The van der Waals surface area contributed by atoms with E-state index in [1.54, 1.807) is 26.5 Å². The van der Waals surface area contributed by atoms with Crippen LogP contribution in [0.2, 0.25) is 0 Å². The fourth-order valence-corrected chi connectivity index (χ4v) is 1.69. The van der Waals surface area contributed by atoms with Crippen LogP contribution in [0.3, 0.4) is 0 Å². The number of amides is 2. The Morgan fingerprint density at radius 3 is 1.50 bits per heavy atom. The maximum Gasteiger partial charge on any atom is 0.360 e. The van der Waals surface area contributed by atoms with E-state index in [-0.39, 0.29) is 6.03 Å². The molecule has 0 spiro atoms. The van der Waals surface area contributed by atoms with Gasteiger partial charge in [-0.3, -0.25) is 0 Å². The minimum absolute atomic E-state index is 0.320. The second-order valence-electron chi connectivity index (χ2n) is 4.64. The van der Waals surface area contributed by atoms with E-state index in [9.17, 15) is 4.79 Å². The highest BCUT2D eigenvalue weighted by Gasteiger charge is 2.11. The molecule has 2 rings (SSSR count). The van der Waals surface area contributed by atoms with Gasteiger partial charge in [0.05, 0.1) is 12.4 Å². The Balaban J connectivity index is 1.95. The van der Waals surface area contributed by atoms with Crippen molar-refractivity contribution in [1.82, 2.24) is 10.0 Å². The Labute approximate surface area is 130 Å². The van der Waals surface area contributed by atoms with Gasteiger partial charge in [0, 0.05) is 14.1 Å². The molecule has 0 saturated carbocycles. The van der Waals surface area contributed by atoms with Gasteiger partial charge in [0.25, 0.3) is 0 Å². The highest BCUT2D eigenvalue weighted by Crippen LogP contribution is 2.00. The Bertz CT molecular complexity index is 595. The number of hydrogen-bond donors (Lipinski definition) is 0. The van der Waals surface area contributed by atoms with Crippen LogP contribution in [0, 0.1) is 0 Å². The maximum atomic E-state index is 12.1. The van der Waals surface area contributed by atoms with Crippen LogP contribution in [0.25, 0.3) is 0 Å². The van der Waals surface area contributed by atoms with E-state index in [4.69, 9.17) is 0 Å². The van der Waals surface area contributed by atoms with Crippen molar-refractivity contribution in [3.63, 3.8) is 0 Å². The third-order valence-corrected chi connectivity index (χ3v) is 2.91. The van der Waals surface area contributed by atoms with Gasteiger partial charge in [-0.05, 0) is 11.1 Å². The zero-order valence-electron chi connectivity index (χ0n) is 12.6. The molecule has 0 aliphatic heterocycles. The molecule has 0 aromatic heterocycles. The van der Waals surface area contributed by atoms with Gasteiger partial charge in [0.15, 0.2) is 0 Å². The second-order valence-corrected chi connectivity index (χ2v) is 4.64. The van der Waals surface area contributed by atoms with Crippen molar-refractivity contribution in [2.24, 2.45) is 10.2 Å². The average Bonchev–Trinajstić information content (AvgIpc) is 2.58. The number of hydrazone groups is 2. The van der Waals surface area contributed by atoms with E-state index in [1.807, 2.05) is 60.7 Å². The zero-order chi connectivity index (χ0) is 15.8. The molecule has 0 bridgehead atoms. The van der Waals surface area contributed by atoms with Gasteiger partial charge >= 0.3 is 6.03 Å². The van der Waals surface area contributed by atoms with Crippen molar-refractivity contribution in [3.8, 4) is 0 Å². The Morgan fingerprint density at radius 1 is 0.773 bits per heavy atom. The Hall–Kier alpha value is -2.95. The summed E-state index contributed by atoms with van der Waals surface area (Å²) in [5.74, 6) is 0. The van der Waals surface area contributed by atoms with Crippen molar-refractivity contribution in [1.29, 1.82) is 0 Å². The summed E-state index contributed by atoms with van der Waals surface area (Å²) in [6.07, 6.45) is 3.26. The standard InChI is InChI=1S/C17H18N4O/c1-20(18-13-15-9-5-3-6-10-15)17(22)21(2)19-14-16-11-7-4-8-12-16/h3-14H,1-2H3/b18-13+,19-14+. The fraction of sp³-hybridized carbons (Fsp3) is 0.118. The van der Waals surface area contributed by atoms with Gasteiger partial charge in [0.1, 0.15) is 0 Å². The minimum Gasteiger partial charge on any atom is -0.244 e. The van der Waals surface area contributed by atoms with Crippen LogP contribution in [-0.4, -0.2) is 42.6 Å². The van der Waals surface area contributed by atoms with Gasteiger partial charge in [-0.15, -0.1) is 0 Å². The summed E-state index contributed by atoms with van der Waals surface area (Å²) < 4.78 is 0. The molecule has 0 heterocycles. The molecule has 0 unspecified atom stereocenters. The van der Waals surface area contributed by atoms with Crippen molar-refractivity contribution >= 4 is 18.5 Å². The van der Waals surface area contributed by atoms with E-state index in [0.717, 1.165) is 11.1 Å². The molecular weight excluding hydrogens is 276 g/mol. The van der Waals surface area contributed by atoms with Crippen LogP contribution in [0.5, 0.6) is 0 Å². The highest BCUT2D eigenvalue weighted by atomic mass is 16.2. The molecule has 5 heteroatoms. The lowest BCUT2D eigenvalue weighted by Crippen LogP contribution is -2.32. The monoisotopic (exact) mass is 294 g/mol. The van der Waals surface area contributed by atoms with Crippen molar-refractivity contribution < 1.29 is 4.79 Å². The first-order chi connectivity index (χ1) is 10.7. The molecule has 0 aliphatic rings. The lowest BCUT2D eigenvalue weighted by atomic mass is 10.2. The molecule has 2 aromatic rings. The number of carbonyl (C=O) groups is 1. The van der Waals surface area contributed by atoms with Gasteiger partial charge in [-0.2, -0.15) is 10.2 Å². The summed E-state index contributed by atoms with van der Waals surface area (Å²) in [5.41, 5.74) is 1.86. The van der Waals surface area contributed by atoms with Gasteiger partial charge in [-0.1, -0.05) is 60.7 Å². The molecule has 22 heavy (non-hydrogen) atoms. The largest absolute Gasteiger partial charge is 0.360 e. The molecule has 2 amide bonds. The molecule has 5 nitrogen and oxygen atoms in total. The molecule has 2 aromatic carbocycles. The summed E-state index contributed by atoms with van der Waals surface area (Å²) in [4.78, 5) is 12.1. The summed E-state index contributed by atoms with van der Waals surface area (Å²) >= 11 is 0. The molecule has 112 valence electrons. The normalized spacial score (nSPS) is 11.0. The predicted octanol–water partition coefficient (Wildman–Crippen LogP) is 3.04. The number of rotatable bonds is 4. The summed E-state index contributed by atoms with van der Waals surface area (Å²) in [5, 5.41) is 10.7. The molecule has 0 fully saturated rings. The van der Waals surface area contributed by atoms with Crippen LogP contribution in [0.1, 0.15) is 11.1 Å². The minimum atomic E-state index is -0.320. The quantitative estimate of drug-likeness (QED) is 0.631. The number of nitrogens with zero attached hydrogens (tertiary/aromatic N) is 4. The van der Waals surface area contributed by atoms with Crippen LogP contribution < -0.4 is 0 Å². The number of urea groups is 1. The van der Waals surface area contributed by atoms with Crippen LogP contribution in [0.4, 0.5) is 4.79 Å². The summed E-state index contributed by atoms with van der Waals surface area (Å²) in [7, 11) is 3.19. The Morgan fingerprint density at radius 2 is 1.14 bits per heavy atom. The van der Waals surface area contributed by atoms with Crippen molar-refractivity contribution in [3.05, 3.63) is 71.8 Å². The van der Waals surface area contributed by atoms with Gasteiger partial charge in [0.2, 0.25) is 0 Å². The van der Waals surface area contributed by atoms with E-state index in [1.165, 1.54) is 10.0 Å². The fourth-order valence-electron chi connectivity index (χ4n) is 1.69. The molecule has 0 atom stereocenters. The predicted molar refractivity (Wildman–Crippen MR) is 89.0 cm³/mol. The summed E-state index contributed by atoms with van der Waals surface area (Å²) in [6, 6.07) is 18.9. The lowest BCUT2D eigenvalue weighted by molar-refractivity contribution is 0.177. The van der Waals surface area contributed by atoms with Gasteiger partial charge < -0.3 is 0 Å². The van der Waals surface area contributed by atoms with Crippen LogP contribution in [0.15, 0.2) is 70.9 Å². The van der Waals surface area contributed by atoms with Crippen molar-refractivity contribution in [2.75, 3.05) is 14.1 Å². The third kappa shape index (κ3) is 4.56. The first kappa shape index (κ1) is 15.4. The van der Waals surface area contributed by atoms with E-state index in [2.05, 4.69) is 10.2 Å². The van der Waals surface area contributed by atoms with E-state index in [0.29, 0.717) is 0 Å². The zero-order valence-corrected chi connectivity index (χ0v) is 12.6. The smallest absolute Gasteiger partial charge is 0.244 e. The molecule has 0 N–H and O–H groups in total. The van der Waals surface area contributed by atoms with E-state index >= 15 is 0 Å². The second kappa shape index (κ2) is 7.73. The first-order valence-corrected chi connectivity index (χ1v) is 6.86. The van der Waals surface area contributed by atoms with Crippen LogP contribution >= 0.6 is 0 Å². The summed E-state index contributed by atoms with van der Waals surface area (Å²) in [6.45, 7) is 0. The average molecular weight is 294 g/mol.